The number of benzene rings is 1. The second-order valence-electron chi connectivity index (χ2n) is 5.46. The summed E-state index contributed by atoms with van der Waals surface area (Å²) < 4.78 is 0. The van der Waals surface area contributed by atoms with Gasteiger partial charge in [-0.2, -0.15) is 0 Å². The third-order valence-corrected chi connectivity index (χ3v) is 4.21. The summed E-state index contributed by atoms with van der Waals surface area (Å²) >= 11 is 6.04. The molecule has 0 spiro atoms. The first-order valence-electron chi connectivity index (χ1n) is 7.53. The molecule has 1 aromatic heterocycles. The molecule has 2 N–H and O–H groups in total. The Morgan fingerprint density at radius 1 is 1.17 bits per heavy atom. The summed E-state index contributed by atoms with van der Waals surface area (Å²) in [6.07, 6.45) is 5.58. The van der Waals surface area contributed by atoms with Gasteiger partial charge in [0, 0.05) is 23.8 Å². The van der Waals surface area contributed by atoms with Gasteiger partial charge in [-0.1, -0.05) is 17.7 Å². The number of amides is 2. The van der Waals surface area contributed by atoms with E-state index in [1.54, 1.807) is 30.6 Å². The Labute approximate surface area is 139 Å². The van der Waals surface area contributed by atoms with E-state index in [1.807, 2.05) is 6.92 Å². The topological polar surface area (TPSA) is 70.2 Å². The molecule has 120 valence electrons. The summed E-state index contributed by atoms with van der Waals surface area (Å²) in [5, 5.41) is 6.10. The smallest absolute Gasteiger partial charge is 0.323 e. The molecule has 0 aliphatic carbocycles. The second kappa shape index (κ2) is 6.83. The van der Waals surface area contributed by atoms with Crippen LogP contribution in [0.5, 0.6) is 0 Å². The number of carbonyl (C=O) groups excluding carboxylic acids is 1. The highest BCUT2D eigenvalue weighted by Crippen LogP contribution is 2.23. The van der Waals surface area contributed by atoms with Crippen LogP contribution in [-0.2, 0) is 0 Å². The van der Waals surface area contributed by atoms with Gasteiger partial charge in [-0.25, -0.2) is 14.8 Å². The van der Waals surface area contributed by atoms with Crippen molar-refractivity contribution >= 4 is 35.0 Å². The third kappa shape index (κ3) is 3.71. The van der Waals surface area contributed by atoms with Crippen LogP contribution in [0.25, 0.3) is 0 Å². The van der Waals surface area contributed by atoms with Gasteiger partial charge in [0.2, 0.25) is 5.95 Å². The molecule has 0 atom stereocenters. The van der Waals surface area contributed by atoms with Crippen molar-refractivity contribution in [3.63, 3.8) is 0 Å². The van der Waals surface area contributed by atoms with Crippen LogP contribution in [0.2, 0.25) is 5.02 Å². The molecule has 23 heavy (non-hydrogen) atoms. The number of hydrogen-bond donors (Lipinski definition) is 2. The second-order valence-corrected chi connectivity index (χ2v) is 5.86. The number of aromatic nitrogens is 2. The quantitative estimate of drug-likeness (QED) is 0.900. The van der Waals surface area contributed by atoms with Gasteiger partial charge in [-0.3, -0.25) is 0 Å². The highest BCUT2D eigenvalue weighted by atomic mass is 35.5. The Morgan fingerprint density at radius 3 is 2.57 bits per heavy atom. The zero-order valence-corrected chi connectivity index (χ0v) is 13.6. The van der Waals surface area contributed by atoms with Gasteiger partial charge in [0.1, 0.15) is 0 Å². The van der Waals surface area contributed by atoms with Crippen molar-refractivity contribution in [2.45, 2.75) is 19.8 Å². The molecule has 3 rings (SSSR count). The molecule has 0 radical (unpaired) electrons. The van der Waals surface area contributed by atoms with Gasteiger partial charge in [0.25, 0.3) is 0 Å². The Kier molecular flexibility index (Phi) is 4.62. The molecule has 6 nitrogen and oxygen atoms in total. The first kappa shape index (κ1) is 15.6. The Balaban J connectivity index is 1.62. The molecule has 1 aliphatic heterocycles. The fourth-order valence-corrected chi connectivity index (χ4v) is 2.67. The van der Waals surface area contributed by atoms with E-state index < -0.39 is 0 Å². The average molecular weight is 332 g/mol. The molecule has 2 aromatic rings. The number of anilines is 3. The van der Waals surface area contributed by atoms with Crippen LogP contribution in [0.1, 0.15) is 18.4 Å². The Hall–Kier alpha value is -2.34. The molecule has 1 aromatic carbocycles. The summed E-state index contributed by atoms with van der Waals surface area (Å²) in [6, 6.07) is 5.02. The van der Waals surface area contributed by atoms with Crippen molar-refractivity contribution in [3.8, 4) is 0 Å². The molecule has 7 heteroatoms. The zero-order valence-electron chi connectivity index (χ0n) is 12.8. The van der Waals surface area contributed by atoms with Gasteiger partial charge < -0.3 is 15.5 Å². The molecule has 0 unspecified atom stereocenters. The highest BCUT2D eigenvalue weighted by Gasteiger charge is 2.14. The van der Waals surface area contributed by atoms with Crippen molar-refractivity contribution in [3.05, 3.63) is 41.2 Å². The van der Waals surface area contributed by atoms with Crippen molar-refractivity contribution in [2.24, 2.45) is 0 Å². The van der Waals surface area contributed by atoms with Crippen molar-refractivity contribution in [1.29, 1.82) is 0 Å². The maximum absolute atomic E-state index is 12.1. The van der Waals surface area contributed by atoms with Crippen LogP contribution in [0.3, 0.4) is 0 Å². The summed E-state index contributed by atoms with van der Waals surface area (Å²) in [7, 11) is 0. The first-order chi connectivity index (χ1) is 11.1. The van der Waals surface area contributed by atoms with Gasteiger partial charge >= 0.3 is 6.03 Å². The molecular weight excluding hydrogens is 314 g/mol. The van der Waals surface area contributed by atoms with E-state index in [0.717, 1.165) is 18.7 Å². The van der Waals surface area contributed by atoms with Crippen molar-refractivity contribution in [1.82, 2.24) is 9.97 Å². The van der Waals surface area contributed by atoms with E-state index in [1.165, 1.54) is 12.8 Å². The Morgan fingerprint density at radius 2 is 1.87 bits per heavy atom. The number of nitrogens with zero attached hydrogens (tertiary/aromatic N) is 3. The fraction of sp³-hybridized carbons (Fsp3) is 0.312. The van der Waals surface area contributed by atoms with E-state index in [-0.39, 0.29) is 6.03 Å². The average Bonchev–Trinajstić information content (AvgIpc) is 3.07. The highest BCUT2D eigenvalue weighted by molar-refractivity contribution is 6.31. The molecule has 2 heterocycles. The Bertz CT molecular complexity index is 698. The van der Waals surface area contributed by atoms with E-state index in [9.17, 15) is 4.79 Å². The van der Waals surface area contributed by atoms with Crippen LogP contribution in [0, 0.1) is 6.92 Å². The number of urea groups is 1. The SMILES string of the molecule is Cc1c(Cl)cccc1NC(=O)Nc1cnc(N2CCCC2)nc1. The largest absolute Gasteiger partial charge is 0.341 e. The van der Waals surface area contributed by atoms with E-state index in [4.69, 9.17) is 11.6 Å². The van der Waals surface area contributed by atoms with Gasteiger partial charge in [-0.05, 0) is 37.5 Å². The lowest BCUT2D eigenvalue weighted by molar-refractivity contribution is 0.262. The predicted octanol–water partition coefficient (Wildman–Crippen LogP) is 3.68. The molecule has 1 saturated heterocycles. The van der Waals surface area contributed by atoms with Crippen LogP contribution in [0.15, 0.2) is 30.6 Å². The molecule has 0 bridgehead atoms. The van der Waals surface area contributed by atoms with E-state index in [0.29, 0.717) is 22.3 Å². The third-order valence-electron chi connectivity index (χ3n) is 3.80. The van der Waals surface area contributed by atoms with Crippen molar-refractivity contribution < 1.29 is 4.79 Å². The zero-order chi connectivity index (χ0) is 16.2. The van der Waals surface area contributed by atoms with Crippen LogP contribution in [-0.4, -0.2) is 29.1 Å². The van der Waals surface area contributed by atoms with Gasteiger partial charge in [0.15, 0.2) is 0 Å². The molecule has 1 fully saturated rings. The minimum atomic E-state index is -0.354. The molecule has 1 aliphatic rings. The van der Waals surface area contributed by atoms with Crippen molar-refractivity contribution in [2.75, 3.05) is 28.6 Å². The minimum Gasteiger partial charge on any atom is -0.341 e. The first-order valence-corrected chi connectivity index (χ1v) is 7.91. The number of nitrogens with one attached hydrogen (secondary N) is 2. The van der Waals surface area contributed by atoms with Gasteiger partial charge in [0.05, 0.1) is 18.1 Å². The molecular formula is C16H18ClN5O. The maximum atomic E-state index is 12.1. The number of hydrogen-bond acceptors (Lipinski definition) is 4. The van der Waals surface area contributed by atoms with Crippen LogP contribution in [0.4, 0.5) is 22.1 Å². The molecule has 0 saturated carbocycles. The number of carbonyl (C=O) groups is 1. The standard InChI is InChI=1S/C16H18ClN5O/c1-11-13(17)5-4-6-14(11)21-16(23)20-12-9-18-15(19-10-12)22-7-2-3-8-22/h4-6,9-10H,2-3,7-8H2,1H3,(H2,20,21,23). The lowest BCUT2D eigenvalue weighted by atomic mass is 10.2. The van der Waals surface area contributed by atoms with Crippen LogP contribution < -0.4 is 15.5 Å². The maximum Gasteiger partial charge on any atom is 0.323 e. The summed E-state index contributed by atoms with van der Waals surface area (Å²) in [6.45, 7) is 3.83. The summed E-state index contributed by atoms with van der Waals surface area (Å²) in [5.74, 6) is 0.708. The lowest BCUT2D eigenvalue weighted by Gasteiger charge is -2.15. The lowest BCUT2D eigenvalue weighted by Crippen LogP contribution is -2.22. The fourth-order valence-electron chi connectivity index (χ4n) is 2.49. The monoisotopic (exact) mass is 331 g/mol. The van der Waals surface area contributed by atoms with E-state index >= 15 is 0 Å². The predicted molar refractivity (Wildman–Crippen MR) is 92.3 cm³/mol. The normalized spacial score (nSPS) is 13.9. The minimum absolute atomic E-state index is 0.354. The summed E-state index contributed by atoms with van der Waals surface area (Å²) in [5.41, 5.74) is 2.04. The van der Waals surface area contributed by atoms with Crippen LogP contribution >= 0.6 is 11.6 Å². The number of rotatable bonds is 3. The summed E-state index contributed by atoms with van der Waals surface area (Å²) in [4.78, 5) is 22.8. The number of halogens is 1. The van der Waals surface area contributed by atoms with E-state index in [2.05, 4.69) is 25.5 Å². The molecule has 2 amide bonds. The van der Waals surface area contributed by atoms with Gasteiger partial charge in [-0.15, -0.1) is 0 Å².